The number of ether oxygens (including phenoxy) is 3. The molecule has 0 radical (unpaired) electrons. The number of ketones is 1. The molecule has 0 atom stereocenters. The molecule has 0 bridgehead atoms. The number of aryl methyl sites for hydroxylation is 2. The van der Waals surface area contributed by atoms with Crippen LogP contribution in [0, 0.1) is 13.8 Å². The number of methoxy groups -OCH3 is 3. The van der Waals surface area contributed by atoms with Crippen LogP contribution in [0.3, 0.4) is 0 Å². The van der Waals surface area contributed by atoms with Gasteiger partial charge in [0.2, 0.25) is 0 Å². The Bertz CT molecular complexity index is 1260. The number of benzene rings is 5. The number of carbonyl (C=O) groups is 1. The predicted octanol–water partition coefficient (Wildman–Crippen LogP) is 8.62. The second-order valence-electron chi connectivity index (χ2n) is 8.57. The Kier molecular flexibility index (Phi) is 14.5. The van der Waals surface area contributed by atoms with Gasteiger partial charge in [-0.25, -0.2) is 0 Å². The summed E-state index contributed by atoms with van der Waals surface area (Å²) in [7, 11) is 4.99. The van der Waals surface area contributed by atoms with Gasteiger partial charge in [0.05, 0.1) is 21.3 Å². The second kappa shape index (κ2) is 18.4. The van der Waals surface area contributed by atoms with Gasteiger partial charge in [0, 0.05) is 11.1 Å². The van der Waals surface area contributed by atoms with Crippen molar-refractivity contribution in [3.63, 3.8) is 0 Å². The summed E-state index contributed by atoms with van der Waals surface area (Å²) in [5, 5.41) is 0. The van der Waals surface area contributed by atoms with Gasteiger partial charge in [0.1, 0.15) is 17.2 Å². The maximum absolute atomic E-state index is 12.2. The van der Waals surface area contributed by atoms with E-state index in [-0.39, 0.29) is 5.78 Å². The molecule has 5 aromatic rings. The van der Waals surface area contributed by atoms with E-state index in [1.54, 1.807) is 21.3 Å². The Morgan fingerprint density at radius 2 is 0.825 bits per heavy atom. The molecule has 4 nitrogen and oxygen atoms in total. The number of hydrogen-bond acceptors (Lipinski definition) is 4. The highest BCUT2D eigenvalue weighted by atomic mass is 16.5. The van der Waals surface area contributed by atoms with Crippen LogP contribution in [0.2, 0.25) is 0 Å². The Labute approximate surface area is 238 Å². The molecular weight excluding hydrogens is 496 g/mol. The van der Waals surface area contributed by atoms with Crippen molar-refractivity contribution in [3.05, 3.63) is 162 Å². The molecule has 0 aliphatic carbocycles. The van der Waals surface area contributed by atoms with Gasteiger partial charge >= 0.3 is 0 Å². The molecule has 0 heterocycles. The van der Waals surface area contributed by atoms with E-state index in [2.05, 4.69) is 0 Å². The molecule has 0 amide bonds. The van der Waals surface area contributed by atoms with E-state index < -0.39 is 0 Å². The third-order valence-corrected chi connectivity index (χ3v) is 5.61. The molecule has 40 heavy (non-hydrogen) atoms. The van der Waals surface area contributed by atoms with Gasteiger partial charge in [-0.15, -0.1) is 0 Å². The van der Waals surface area contributed by atoms with E-state index in [9.17, 15) is 4.79 Å². The SMILES string of the molecule is COc1ccccc1.COc1ccccc1.COc1ccccc1.Cc1ccc(C)c(C(=O)c2ccccc2)c1. The highest BCUT2D eigenvalue weighted by molar-refractivity contribution is 6.09. The average molecular weight is 535 g/mol. The maximum Gasteiger partial charge on any atom is 0.193 e. The van der Waals surface area contributed by atoms with Crippen LogP contribution < -0.4 is 14.2 Å². The molecular formula is C36H38O4. The number of rotatable bonds is 5. The summed E-state index contributed by atoms with van der Waals surface area (Å²) in [5.74, 6) is 2.83. The van der Waals surface area contributed by atoms with Crippen molar-refractivity contribution >= 4 is 5.78 Å². The lowest BCUT2D eigenvalue weighted by atomic mass is 9.97. The Morgan fingerprint density at radius 3 is 1.15 bits per heavy atom. The Balaban J connectivity index is 0.000000199. The van der Waals surface area contributed by atoms with Crippen LogP contribution in [-0.2, 0) is 0 Å². The fraction of sp³-hybridized carbons (Fsp3) is 0.139. The van der Waals surface area contributed by atoms with Crippen molar-refractivity contribution in [3.8, 4) is 17.2 Å². The molecule has 0 N–H and O–H groups in total. The summed E-state index contributed by atoms with van der Waals surface area (Å²) in [6.45, 7) is 3.97. The van der Waals surface area contributed by atoms with Crippen LogP contribution >= 0.6 is 0 Å². The quantitative estimate of drug-likeness (QED) is 0.212. The monoisotopic (exact) mass is 534 g/mol. The first-order chi connectivity index (χ1) is 19.5. The van der Waals surface area contributed by atoms with E-state index in [1.807, 2.05) is 153 Å². The normalized spacial score (nSPS) is 9.22. The van der Waals surface area contributed by atoms with Crippen molar-refractivity contribution in [2.75, 3.05) is 21.3 Å². The van der Waals surface area contributed by atoms with E-state index in [4.69, 9.17) is 14.2 Å². The molecule has 0 saturated carbocycles. The average Bonchev–Trinajstić information content (AvgIpc) is 3.04. The highest BCUT2D eigenvalue weighted by Gasteiger charge is 2.10. The number of para-hydroxylation sites is 3. The molecule has 0 unspecified atom stereocenters. The largest absolute Gasteiger partial charge is 0.497 e. The predicted molar refractivity (Wildman–Crippen MR) is 165 cm³/mol. The summed E-state index contributed by atoms with van der Waals surface area (Å²) in [6, 6.07) is 44.4. The van der Waals surface area contributed by atoms with E-state index in [0.29, 0.717) is 0 Å². The van der Waals surface area contributed by atoms with Crippen molar-refractivity contribution in [2.45, 2.75) is 13.8 Å². The molecule has 0 aliphatic heterocycles. The summed E-state index contributed by atoms with van der Waals surface area (Å²) in [4.78, 5) is 12.2. The zero-order valence-corrected chi connectivity index (χ0v) is 23.9. The van der Waals surface area contributed by atoms with E-state index >= 15 is 0 Å². The second-order valence-corrected chi connectivity index (χ2v) is 8.57. The van der Waals surface area contributed by atoms with Crippen LogP contribution in [0.25, 0.3) is 0 Å². The molecule has 0 saturated heterocycles. The lowest BCUT2D eigenvalue weighted by Gasteiger charge is -2.06. The first-order valence-corrected chi connectivity index (χ1v) is 12.9. The minimum atomic E-state index is 0.0989. The van der Waals surface area contributed by atoms with Crippen LogP contribution in [0.4, 0.5) is 0 Å². The van der Waals surface area contributed by atoms with Crippen molar-refractivity contribution in [1.82, 2.24) is 0 Å². The number of hydrogen-bond donors (Lipinski definition) is 0. The fourth-order valence-corrected chi connectivity index (χ4v) is 3.40. The first kappa shape index (κ1) is 31.4. The summed E-state index contributed by atoms with van der Waals surface area (Å²) in [5.41, 5.74) is 3.69. The molecule has 5 rings (SSSR count). The van der Waals surface area contributed by atoms with E-state index in [0.717, 1.165) is 39.5 Å². The van der Waals surface area contributed by atoms with Gasteiger partial charge in [0.15, 0.2) is 5.78 Å². The summed E-state index contributed by atoms with van der Waals surface area (Å²) < 4.78 is 14.7. The minimum Gasteiger partial charge on any atom is -0.497 e. The molecule has 0 aliphatic rings. The molecule has 5 aromatic carbocycles. The molecule has 206 valence electrons. The van der Waals surface area contributed by atoms with Gasteiger partial charge in [-0.3, -0.25) is 4.79 Å². The maximum atomic E-state index is 12.2. The molecule has 0 aromatic heterocycles. The summed E-state index contributed by atoms with van der Waals surface area (Å²) >= 11 is 0. The Hall–Kier alpha value is -4.83. The topological polar surface area (TPSA) is 44.8 Å². The van der Waals surface area contributed by atoms with Crippen LogP contribution in [0.1, 0.15) is 27.0 Å². The van der Waals surface area contributed by atoms with E-state index in [1.165, 1.54) is 0 Å². The summed E-state index contributed by atoms with van der Waals surface area (Å²) in [6.07, 6.45) is 0. The molecule has 4 heteroatoms. The van der Waals surface area contributed by atoms with Crippen LogP contribution in [0.15, 0.2) is 140 Å². The zero-order chi connectivity index (χ0) is 29.0. The van der Waals surface area contributed by atoms with Crippen molar-refractivity contribution in [1.29, 1.82) is 0 Å². The highest BCUT2D eigenvalue weighted by Crippen LogP contribution is 2.15. The van der Waals surface area contributed by atoms with Gasteiger partial charge in [-0.2, -0.15) is 0 Å². The van der Waals surface area contributed by atoms with Crippen LogP contribution in [0.5, 0.6) is 17.2 Å². The third kappa shape index (κ3) is 11.7. The molecule has 0 fully saturated rings. The smallest absolute Gasteiger partial charge is 0.193 e. The van der Waals surface area contributed by atoms with Crippen molar-refractivity contribution < 1.29 is 19.0 Å². The Morgan fingerprint density at radius 1 is 0.475 bits per heavy atom. The van der Waals surface area contributed by atoms with Gasteiger partial charge < -0.3 is 14.2 Å². The lowest BCUT2D eigenvalue weighted by molar-refractivity contribution is 0.103. The van der Waals surface area contributed by atoms with Crippen LogP contribution in [-0.4, -0.2) is 27.1 Å². The first-order valence-electron chi connectivity index (χ1n) is 12.9. The molecule has 0 spiro atoms. The zero-order valence-electron chi connectivity index (χ0n) is 23.9. The fourth-order valence-electron chi connectivity index (χ4n) is 3.40. The van der Waals surface area contributed by atoms with Gasteiger partial charge in [0.25, 0.3) is 0 Å². The van der Waals surface area contributed by atoms with Gasteiger partial charge in [-0.1, -0.05) is 103 Å². The third-order valence-electron chi connectivity index (χ3n) is 5.61. The lowest BCUT2D eigenvalue weighted by Crippen LogP contribution is -2.03. The standard InChI is InChI=1S/C15H14O.3C7H8O/c1-11-8-9-12(2)14(10-11)15(16)13-6-4-3-5-7-13;3*1-8-7-5-3-2-4-6-7/h3-10H,1-2H3;3*2-6H,1H3. The minimum absolute atomic E-state index is 0.0989. The van der Waals surface area contributed by atoms with Crippen molar-refractivity contribution in [2.24, 2.45) is 0 Å². The van der Waals surface area contributed by atoms with Gasteiger partial charge in [-0.05, 0) is 61.9 Å². The number of carbonyl (C=O) groups excluding carboxylic acids is 1.